The summed E-state index contributed by atoms with van der Waals surface area (Å²) in [7, 11) is 0. The van der Waals surface area contributed by atoms with E-state index in [1.165, 1.54) is 6.07 Å². The number of aromatic nitrogens is 4. The standard InChI is InChI=1S/C32H29FN8O3/c33-25-6-5-19(14-26-21-3-1-2-4-22(21)28(42)17-35-26)13-24(25)31(43)41-8-7-23-27(18-41)38-29(20-15-36-32(34)37-16-20)39-30(23)40-9-11-44-12-10-40/h1-6,13,15-16H,7-12,14,17-18H2,(H2,34,36,37). The number of nitrogen functional groups attached to an aromatic ring is 1. The van der Waals surface area contributed by atoms with Crippen LogP contribution in [0.4, 0.5) is 16.2 Å². The smallest absolute Gasteiger partial charge is 0.257 e. The van der Waals surface area contributed by atoms with Crippen LogP contribution in [0, 0.1) is 5.82 Å². The number of ketones is 1. The molecule has 0 atom stereocenters. The molecule has 4 aromatic rings. The van der Waals surface area contributed by atoms with Crippen molar-refractivity contribution in [2.45, 2.75) is 19.4 Å². The number of benzene rings is 2. The summed E-state index contributed by atoms with van der Waals surface area (Å²) in [5.74, 6) is 0.339. The summed E-state index contributed by atoms with van der Waals surface area (Å²) in [6.45, 7) is 3.22. The second kappa shape index (κ2) is 11.5. The molecule has 1 amide bonds. The molecule has 0 radical (unpaired) electrons. The van der Waals surface area contributed by atoms with E-state index in [0.717, 1.165) is 28.2 Å². The van der Waals surface area contributed by atoms with Crippen molar-refractivity contribution in [1.82, 2.24) is 24.8 Å². The van der Waals surface area contributed by atoms with Crippen LogP contribution in [0.1, 0.15) is 43.1 Å². The Hall–Kier alpha value is -5.10. The van der Waals surface area contributed by atoms with Gasteiger partial charge in [-0.05, 0) is 24.1 Å². The van der Waals surface area contributed by atoms with E-state index in [4.69, 9.17) is 20.4 Å². The summed E-state index contributed by atoms with van der Waals surface area (Å²) in [5.41, 5.74) is 10.8. The van der Waals surface area contributed by atoms with Gasteiger partial charge >= 0.3 is 0 Å². The van der Waals surface area contributed by atoms with Crippen molar-refractivity contribution in [2.75, 3.05) is 50.0 Å². The fraction of sp³-hybridized carbons (Fsp3) is 0.281. The number of fused-ring (bicyclic) bond motifs is 2. The zero-order valence-corrected chi connectivity index (χ0v) is 23.9. The van der Waals surface area contributed by atoms with Crippen LogP contribution in [0.15, 0.2) is 59.9 Å². The Bertz CT molecular complexity index is 1800. The second-order valence-electron chi connectivity index (χ2n) is 10.9. The van der Waals surface area contributed by atoms with Gasteiger partial charge in [0.1, 0.15) is 18.2 Å². The normalized spacial score (nSPS) is 16.3. The molecule has 2 N–H and O–H groups in total. The van der Waals surface area contributed by atoms with E-state index in [-0.39, 0.29) is 30.4 Å². The number of nitrogens with two attached hydrogens (primary N) is 1. The Kier molecular flexibility index (Phi) is 7.26. The van der Waals surface area contributed by atoms with Crippen LogP contribution in [-0.4, -0.2) is 81.6 Å². The number of Topliss-reactive ketones (excluding diaryl/α,β-unsaturated/α-hetero) is 1. The molecular weight excluding hydrogens is 563 g/mol. The number of amides is 1. The van der Waals surface area contributed by atoms with E-state index >= 15 is 4.39 Å². The summed E-state index contributed by atoms with van der Waals surface area (Å²) < 4.78 is 20.7. The van der Waals surface area contributed by atoms with Gasteiger partial charge < -0.3 is 20.3 Å². The largest absolute Gasteiger partial charge is 0.378 e. The van der Waals surface area contributed by atoms with Crippen molar-refractivity contribution in [2.24, 2.45) is 4.99 Å². The van der Waals surface area contributed by atoms with Crippen LogP contribution in [0.2, 0.25) is 0 Å². The van der Waals surface area contributed by atoms with Crippen LogP contribution in [0.25, 0.3) is 11.4 Å². The molecule has 0 bridgehead atoms. The van der Waals surface area contributed by atoms with Gasteiger partial charge in [-0.2, -0.15) is 0 Å². The number of hydrogen-bond donors (Lipinski definition) is 1. The fourth-order valence-electron chi connectivity index (χ4n) is 5.88. The summed E-state index contributed by atoms with van der Waals surface area (Å²) in [6.07, 6.45) is 4.04. The molecule has 3 aliphatic rings. The highest BCUT2D eigenvalue weighted by Crippen LogP contribution is 2.31. The van der Waals surface area contributed by atoms with Crippen molar-refractivity contribution >= 4 is 29.2 Å². The summed E-state index contributed by atoms with van der Waals surface area (Å²) in [6, 6.07) is 11.9. The van der Waals surface area contributed by atoms with Crippen LogP contribution in [-0.2, 0) is 24.1 Å². The first kappa shape index (κ1) is 27.7. The summed E-state index contributed by atoms with van der Waals surface area (Å²) in [4.78, 5) is 52.3. The summed E-state index contributed by atoms with van der Waals surface area (Å²) >= 11 is 0. The maximum absolute atomic E-state index is 15.2. The number of aliphatic imine (C=N–C) groups is 1. The SMILES string of the molecule is Nc1ncc(-c2nc3c(c(N4CCOCC4)n2)CCN(C(=O)c2cc(CC4=NCC(=O)c5ccccc54)ccc2F)C3)cn1. The predicted molar refractivity (Wildman–Crippen MR) is 161 cm³/mol. The third-order valence-electron chi connectivity index (χ3n) is 8.16. The zero-order valence-electron chi connectivity index (χ0n) is 23.9. The molecule has 0 spiro atoms. The molecule has 0 unspecified atom stereocenters. The zero-order chi connectivity index (χ0) is 30.2. The van der Waals surface area contributed by atoms with E-state index in [2.05, 4.69) is 19.9 Å². The third-order valence-corrected chi connectivity index (χ3v) is 8.16. The number of rotatable bonds is 5. The first-order valence-electron chi connectivity index (χ1n) is 14.5. The van der Waals surface area contributed by atoms with Gasteiger partial charge in [0.05, 0.1) is 36.6 Å². The highest BCUT2D eigenvalue weighted by molar-refractivity contribution is 6.15. The van der Waals surface area contributed by atoms with E-state index in [0.29, 0.717) is 68.3 Å². The van der Waals surface area contributed by atoms with Crippen molar-refractivity contribution in [3.8, 4) is 11.4 Å². The molecule has 3 aliphatic heterocycles. The predicted octanol–water partition coefficient (Wildman–Crippen LogP) is 2.92. The monoisotopic (exact) mass is 592 g/mol. The highest BCUT2D eigenvalue weighted by atomic mass is 19.1. The number of carbonyl (C=O) groups is 2. The van der Waals surface area contributed by atoms with Crippen LogP contribution in [0.5, 0.6) is 0 Å². The molecule has 2 aromatic heterocycles. The molecule has 11 nitrogen and oxygen atoms in total. The second-order valence-corrected chi connectivity index (χ2v) is 10.9. The quantitative estimate of drug-likeness (QED) is 0.370. The lowest BCUT2D eigenvalue weighted by Gasteiger charge is -2.34. The third kappa shape index (κ3) is 5.28. The van der Waals surface area contributed by atoms with E-state index in [9.17, 15) is 9.59 Å². The van der Waals surface area contributed by atoms with E-state index in [1.54, 1.807) is 35.5 Å². The number of carbonyl (C=O) groups excluding carboxylic acids is 2. The van der Waals surface area contributed by atoms with Gasteiger partial charge in [0, 0.05) is 60.9 Å². The van der Waals surface area contributed by atoms with Gasteiger partial charge in [-0.25, -0.2) is 24.3 Å². The van der Waals surface area contributed by atoms with Crippen molar-refractivity contribution < 1.29 is 18.7 Å². The van der Waals surface area contributed by atoms with Gasteiger partial charge in [-0.1, -0.05) is 30.3 Å². The van der Waals surface area contributed by atoms with Crippen LogP contribution >= 0.6 is 0 Å². The molecule has 2 aromatic carbocycles. The Morgan fingerprint density at radius 1 is 1.00 bits per heavy atom. The van der Waals surface area contributed by atoms with Crippen molar-refractivity contribution in [1.29, 1.82) is 0 Å². The maximum atomic E-state index is 15.2. The van der Waals surface area contributed by atoms with Gasteiger partial charge in [0.2, 0.25) is 5.95 Å². The van der Waals surface area contributed by atoms with Crippen molar-refractivity contribution in [3.05, 3.63) is 94.2 Å². The number of nitrogens with zero attached hydrogens (tertiary/aromatic N) is 7. The minimum Gasteiger partial charge on any atom is -0.378 e. The van der Waals surface area contributed by atoms with Crippen molar-refractivity contribution in [3.63, 3.8) is 0 Å². The first-order chi connectivity index (χ1) is 21.4. The molecule has 44 heavy (non-hydrogen) atoms. The molecule has 0 saturated carbocycles. The number of halogens is 1. The highest BCUT2D eigenvalue weighted by Gasteiger charge is 2.30. The molecular formula is C32H29FN8O3. The Morgan fingerprint density at radius 2 is 1.77 bits per heavy atom. The first-order valence-corrected chi connectivity index (χ1v) is 14.5. The Balaban J connectivity index is 1.18. The van der Waals surface area contributed by atoms with Crippen LogP contribution < -0.4 is 10.6 Å². The van der Waals surface area contributed by atoms with Gasteiger partial charge in [-0.15, -0.1) is 0 Å². The minimum absolute atomic E-state index is 0.0127. The van der Waals surface area contributed by atoms with E-state index < -0.39 is 11.7 Å². The molecule has 1 fully saturated rings. The fourth-order valence-corrected chi connectivity index (χ4v) is 5.88. The van der Waals surface area contributed by atoms with Gasteiger partial charge in [-0.3, -0.25) is 14.6 Å². The number of hydrogen-bond acceptors (Lipinski definition) is 10. The molecule has 5 heterocycles. The molecule has 222 valence electrons. The molecule has 0 aliphatic carbocycles. The average molecular weight is 593 g/mol. The maximum Gasteiger partial charge on any atom is 0.257 e. The van der Waals surface area contributed by atoms with Gasteiger partial charge in [0.25, 0.3) is 5.91 Å². The van der Waals surface area contributed by atoms with Crippen LogP contribution in [0.3, 0.4) is 0 Å². The number of anilines is 2. The molecule has 7 rings (SSSR count). The molecule has 1 saturated heterocycles. The lowest BCUT2D eigenvalue weighted by molar-refractivity contribution is 0.0726. The lowest BCUT2D eigenvalue weighted by atomic mass is 9.92. The Morgan fingerprint density at radius 3 is 2.57 bits per heavy atom. The number of morpholine rings is 1. The van der Waals surface area contributed by atoms with E-state index in [1.807, 2.05) is 18.2 Å². The molecule has 12 heteroatoms. The minimum atomic E-state index is -0.595. The topological polar surface area (TPSA) is 140 Å². The number of ether oxygens (including phenoxy) is 1. The van der Waals surface area contributed by atoms with Gasteiger partial charge in [0.15, 0.2) is 11.6 Å². The average Bonchev–Trinajstić information content (AvgIpc) is 3.06. The summed E-state index contributed by atoms with van der Waals surface area (Å²) in [5, 5.41) is 0. The Labute approximate surface area is 252 Å². The lowest BCUT2D eigenvalue weighted by Crippen LogP contribution is -2.41.